The number of hydrogen-bond donors (Lipinski definition) is 1. The van der Waals surface area contributed by atoms with Gasteiger partial charge in [0.2, 0.25) is 0 Å². The quantitative estimate of drug-likeness (QED) is 0.198. The number of fused-ring (bicyclic) bond motifs is 1. The Bertz CT molecular complexity index is 1520. The molecule has 5 nitrogen and oxygen atoms in total. The van der Waals surface area contributed by atoms with E-state index >= 15 is 0 Å². The van der Waals surface area contributed by atoms with E-state index in [1.54, 1.807) is 6.21 Å². The Kier molecular flexibility index (Phi) is 6.54. The van der Waals surface area contributed by atoms with E-state index in [9.17, 15) is 4.79 Å². The number of carbonyl (C=O) groups is 1. The Morgan fingerprint density at radius 1 is 0.944 bits per heavy atom. The number of carbonyl (C=O) groups excluding carboxylic acids is 1. The van der Waals surface area contributed by atoms with Crippen molar-refractivity contribution < 1.29 is 4.79 Å². The van der Waals surface area contributed by atoms with Crippen LogP contribution in [0.25, 0.3) is 27.8 Å². The molecule has 0 unspecified atom stereocenters. The maximum atomic E-state index is 12.8. The summed E-state index contributed by atoms with van der Waals surface area (Å²) in [5, 5.41) is 5.39. The normalized spacial score (nSPS) is 12.3. The minimum atomic E-state index is -0.240. The fraction of sp³-hybridized carbons (Fsp3) is 0.161. The van der Waals surface area contributed by atoms with Gasteiger partial charge >= 0.3 is 0 Å². The Balaban J connectivity index is 1.33. The van der Waals surface area contributed by atoms with E-state index in [4.69, 9.17) is 0 Å². The summed E-state index contributed by atoms with van der Waals surface area (Å²) in [6.45, 7) is 6.47. The molecule has 0 radical (unpaired) electrons. The molecule has 0 aliphatic heterocycles. The SMILES string of the molecule is CC[C@H](C)n1cc(/C=N/NC(=O)c2ccc(-n3c(C)ccc3-c3ccccc3)cc2)c2ccccc21. The molecular weight excluding hydrogens is 444 g/mol. The van der Waals surface area contributed by atoms with Gasteiger partial charge in [-0.3, -0.25) is 4.79 Å². The minimum absolute atomic E-state index is 0.240. The number of hydrazone groups is 1. The molecule has 0 aliphatic carbocycles. The first-order valence-corrected chi connectivity index (χ1v) is 12.3. The molecule has 0 spiro atoms. The van der Waals surface area contributed by atoms with Gasteiger partial charge in [0.25, 0.3) is 5.91 Å². The fourth-order valence-corrected chi connectivity index (χ4v) is 4.60. The molecule has 5 rings (SSSR count). The third kappa shape index (κ3) is 4.48. The van der Waals surface area contributed by atoms with Crippen molar-refractivity contribution >= 4 is 23.0 Å². The Hall–Kier alpha value is -4.38. The monoisotopic (exact) mass is 474 g/mol. The predicted octanol–water partition coefficient (Wildman–Crippen LogP) is 7.14. The van der Waals surface area contributed by atoms with Crippen LogP contribution in [-0.2, 0) is 0 Å². The molecular formula is C31H30N4O. The van der Waals surface area contributed by atoms with E-state index in [-0.39, 0.29) is 5.91 Å². The standard InChI is InChI=1S/C31H30N4O/c1-4-22(2)34-21-26(28-12-8-9-13-30(28)34)20-32-33-31(36)25-15-17-27(18-16-25)35-23(3)14-19-29(35)24-10-6-5-7-11-24/h5-22H,4H2,1-3H3,(H,33,36)/b32-20+/t22-/m0/s1. The van der Waals surface area contributed by atoms with Gasteiger partial charge in [0.15, 0.2) is 0 Å². The maximum Gasteiger partial charge on any atom is 0.271 e. The highest BCUT2D eigenvalue weighted by molar-refractivity contribution is 6.00. The van der Waals surface area contributed by atoms with Crippen molar-refractivity contribution in [2.24, 2.45) is 5.10 Å². The first-order chi connectivity index (χ1) is 17.6. The van der Waals surface area contributed by atoms with E-state index in [1.807, 2.05) is 54.6 Å². The van der Waals surface area contributed by atoms with Crippen LogP contribution in [-0.4, -0.2) is 21.3 Å². The molecule has 1 N–H and O–H groups in total. The average Bonchev–Trinajstić information content (AvgIpc) is 3.49. The molecule has 1 atom stereocenters. The molecule has 2 aromatic heterocycles. The molecule has 0 bridgehead atoms. The fourth-order valence-electron chi connectivity index (χ4n) is 4.60. The zero-order valence-corrected chi connectivity index (χ0v) is 20.8. The molecule has 0 saturated heterocycles. The molecule has 5 heteroatoms. The lowest BCUT2D eigenvalue weighted by molar-refractivity contribution is 0.0955. The first kappa shape index (κ1) is 23.4. The second kappa shape index (κ2) is 10.1. The number of nitrogens with zero attached hydrogens (tertiary/aromatic N) is 3. The summed E-state index contributed by atoms with van der Waals surface area (Å²) in [6, 6.07) is 30.8. The minimum Gasteiger partial charge on any atom is -0.344 e. The van der Waals surface area contributed by atoms with Crippen LogP contribution < -0.4 is 5.43 Å². The number of para-hydroxylation sites is 1. The van der Waals surface area contributed by atoms with Crippen LogP contribution in [0.15, 0.2) is 102 Å². The number of amides is 1. The maximum absolute atomic E-state index is 12.8. The van der Waals surface area contributed by atoms with Gasteiger partial charge < -0.3 is 9.13 Å². The summed E-state index contributed by atoms with van der Waals surface area (Å²) in [5.74, 6) is -0.240. The van der Waals surface area contributed by atoms with Gasteiger partial charge in [-0.2, -0.15) is 5.10 Å². The summed E-state index contributed by atoms with van der Waals surface area (Å²) in [4.78, 5) is 12.8. The molecule has 1 amide bonds. The number of hydrogen-bond acceptors (Lipinski definition) is 2. The number of benzene rings is 3. The summed E-state index contributed by atoms with van der Waals surface area (Å²) in [6.07, 6.45) is 4.87. The zero-order valence-electron chi connectivity index (χ0n) is 20.8. The lowest BCUT2D eigenvalue weighted by atomic mass is 10.1. The van der Waals surface area contributed by atoms with Crippen LogP contribution in [0, 0.1) is 6.92 Å². The summed E-state index contributed by atoms with van der Waals surface area (Å²) in [7, 11) is 0. The smallest absolute Gasteiger partial charge is 0.271 e. The predicted molar refractivity (Wildman–Crippen MR) is 148 cm³/mol. The average molecular weight is 475 g/mol. The molecule has 3 aromatic carbocycles. The van der Waals surface area contributed by atoms with E-state index in [0.717, 1.165) is 40.0 Å². The van der Waals surface area contributed by atoms with E-state index in [0.29, 0.717) is 11.6 Å². The van der Waals surface area contributed by atoms with Gasteiger partial charge in [-0.05, 0) is 68.3 Å². The van der Waals surface area contributed by atoms with Crippen LogP contribution in [0.3, 0.4) is 0 Å². The van der Waals surface area contributed by atoms with Gasteiger partial charge in [0.05, 0.1) is 11.9 Å². The largest absolute Gasteiger partial charge is 0.344 e. The molecule has 5 aromatic rings. The number of rotatable bonds is 7. The van der Waals surface area contributed by atoms with Crippen LogP contribution in [0.2, 0.25) is 0 Å². The Morgan fingerprint density at radius 3 is 2.42 bits per heavy atom. The molecule has 0 saturated carbocycles. The lowest BCUT2D eigenvalue weighted by Crippen LogP contribution is -2.17. The topological polar surface area (TPSA) is 51.3 Å². The van der Waals surface area contributed by atoms with Crippen molar-refractivity contribution in [2.45, 2.75) is 33.2 Å². The highest BCUT2D eigenvalue weighted by atomic mass is 16.2. The molecule has 0 fully saturated rings. The molecule has 36 heavy (non-hydrogen) atoms. The van der Waals surface area contributed by atoms with Crippen molar-refractivity contribution in [1.82, 2.24) is 14.6 Å². The second-order valence-electron chi connectivity index (χ2n) is 9.07. The van der Waals surface area contributed by atoms with Gasteiger partial charge in [-0.25, -0.2) is 5.43 Å². The van der Waals surface area contributed by atoms with Crippen LogP contribution >= 0.6 is 0 Å². The number of aromatic nitrogens is 2. The van der Waals surface area contributed by atoms with Gasteiger partial charge in [-0.15, -0.1) is 0 Å². The van der Waals surface area contributed by atoms with E-state index in [2.05, 4.69) is 83.0 Å². The zero-order chi connectivity index (χ0) is 25.1. The third-order valence-electron chi connectivity index (χ3n) is 6.74. The summed E-state index contributed by atoms with van der Waals surface area (Å²) >= 11 is 0. The van der Waals surface area contributed by atoms with Crippen molar-refractivity contribution in [3.05, 3.63) is 114 Å². The Morgan fingerprint density at radius 2 is 1.67 bits per heavy atom. The van der Waals surface area contributed by atoms with E-state index in [1.165, 1.54) is 5.52 Å². The first-order valence-electron chi connectivity index (χ1n) is 12.3. The van der Waals surface area contributed by atoms with E-state index < -0.39 is 0 Å². The molecule has 0 aliphatic rings. The number of nitrogens with one attached hydrogen (secondary N) is 1. The van der Waals surface area contributed by atoms with Gasteiger partial charge in [-0.1, -0.05) is 55.5 Å². The number of aryl methyl sites for hydroxylation is 1. The van der Waals surface area contributed by atoms with Crippen molar-refractivity contribution in [2.75, 3.05) is 0 Å². The Labute approximate surface area is 211 Å². The van der Waals surface area contributed by atoms with Crippen LogP contribution in [0.4, 0.5) is 0 Å². The van der Waals surface area contributed by atoms with Crippen molar-refractivity contribution in [3.8, 4) is 16.9 Å². The summed E-state index contributed by atoms with van der Waals surface area (Å²) in [5.41, 5.74) is 9.80. The van der Waals surface area contributed by atoms with Gasteiger partial charge in [0, 0.05) is 45.6 Å². The second-order valence-corrected chi connectivity index (χ2v) is 9.07. The van der Waals surface area contributed by atoms with Crippen LogP contribution in [0.1, 0.15) is 47.9 Å². The highest BCUT2D eigenvalue weighted by Crippen LogP contribution is 2.27. The van der Waals surface area contributed by atoms with Crippen LogP contribution in [0.5, 0.6) is 0 Å². The molecule has 2 heterocycles. The van der Waals surface area contributed by atoms with Crippen molar-refractivity contribution in [3.63, 3.8) is 0 Å². The van der Waals surface area contributed by atoms with Crippen molar-refractivity contribution in [1.29, 1.82) is 0 Å². The lowest BCUT2D eigenvalue weighted by Gasteiger charge is -2.12. The molecule has 180 valence electrons. The third-order valence-corrected chi connectivity index (χ3v) is 6.74. The highest BCUT2D eigenvalue weighted by Gasteiger charge is 2.12. The summed E-state index contributed by atoms with van der Waals surface area (Å²) < 4.78 is 4.46. The van der Waals surface area contributed by atoms with Gasteiger partial charge in [0.1, 0.15) is 0 Å².